The van der Waals surface area contributed by atoms with Gasteiger partial charge >= 0.3 is 0 Å². The lowest BCUT2D eigenvalue weighted by molar-refractivity contribution is 0.778. The molecule has 14 heavy (non-hydrogen) atoms. The van der Waals surface area contributed by atoms with E-state index in [0.717, 1.165) is 5.56 Å². The van der Waals surface area contributed by atoms with Gasteiger partial charge in [-0.2, -0.15) is 0 Å². The van der Waals surface area contributed by atoms with Crippen LogP contribution in [0.25, 0.3) is 0 Å². The fraction of sp³-hybridized carbons (Fsp3) is 0.385. The molecule has 0 saturated heterocycles. The van der Waals surface area contributed by atoms with Crippen molar-refractivity contribution in [3.05, 3.63) is 36.3 Å². The van der Waals surface area contributed by atoms with Gasteiger partial charge in [0.1, 0.15) is 0 Å². The molecule has 0 aromatic heterocycles. The second-order valence-corrected chi connectivity index (χ2v) is 4.37. The summed E-state index contributed by atoms with van der Waals surface area (Å²) in [4.78, 5) is 1.29. The number of hydrogen-bond donors (Lipinski definition) is 0. The minimum Gasteiger partial charge on any atom is -0.126 e. The van der Waals surface area contributed by atoms with Crippen LogP contribution >= 0.6 is 11.8 Å². The molecule has 0 amide bonds. The Morgan fingerprint density at radius 2 is 1.93 bits per heavy atom. The Hall–Kier alpha value is -0.870. The van der Waals surface area contributed by atoms with E-state index in [1.165, 1.54) is 29.9 Å². The fourth-order valence-corrected chi connectivity index (χ4v) is 2.09. The molecule has 0 aliphatic carbocycles. The predicted molar refractivity (Wildman–Crippen MR) is 62.9 cm³/mol. The molecule has 0 saturated carbocycles. The van der Waals surface area contributed by atoms with Gasteiger partial charge in [-0.3, -0.25) is 0 Å². The van der Waals surface area contributed by atoms with Gasteiger partial charge in [0.05, 0.1) is 0 Å². The normalized spacial score (nSPS) is 9.71. The SMILES string of the molecule is [C]#Cc1ccc(SCCCCC)cc1. The van der Waals surface area contributed by atoms with Gasteiger partial charge in [-0.05, 0) is 42.9 Å². The van der Waals surface area contributed by atoms with E-state index in [-0.39, 0.29) is 0 Å². The number of benzene rings is 1. The maximum absolute atomic E-state index is 6.95. The molecule has 1 heteroatoms. The lowest BCUT2D eigenvalue weighted by Crippen LogP contribution is -1.80. The van der Waals surface area contributed by atoms with Crippen LogP contribution < -0.4 is 0 Å². The molecule has 0 fully saturated rings. The van der Waals surface area contributed by atoms with Crippen LogP contribution in [-0.4, -0.2) is 5.75 Å². The van der Waals surface area contributed by atoms with Crippen molar-refractivity contribution in [1.82, 2.24) is 0 Å². The number of rotatable bonds is 5. The van der Waals surface area contributed by atoms with Crippen LogP contribution in [-0.2, 0) is 0 Å². The van der Waals surface area contributed by atoms with Gasteiger partial charge in [-0.1, -0.05) is 25.7 Å². The highest BCUT2D eigenvalue weighted by atomic mass is 32.2. The first-order valence-corrected chi connectivity index (χ1v) is 6.01. The fourth-order valence-electron chi connectivity index (χ4n) is 1.18. The van der Waals surface area contributed by atoms with Crippen molar-refractivity contribution in [1.29, 1.82) is 0 Å². The first kappa shape index (κ1) is 11.2. The molecule has 1 aromatic carbocycles. The van der Waals surface area contributed by atoms with Gasteiger partial charge < -0.3 is 0 Å². The van der Waals surface area contributed by atoms with Crippen LogP contribution in [0.5, 0.6) is 0 Å². The van der Waals surface area contributed by atoms with Crippen LogP contribution in [0.1, 0.15) is 31.7 Å². The Bertz CT molecular complexity index is 292. The van der Waals surface area contributed by atoms with Crippen LogP contribution in [0.3, 0.4) is 0 Å². The van der Waals surface area contributed by atoms with Crippen molar-refractivity contribution in [2.75, 3.05) is 5.75 Å². The highest BCUT2D eigenvalue weighted by Crippen LogP contribution is 2.19. The van der Waals surface area contributed by atoms with Crippen LogP contribution in [0.2, 0.25) is 0 Å². The van der Waals surface area contributed by atoms with Crippen molar-refractivity contribution >= 4 is 11.8 Å². The highest BCUT2D eigenvalue weighted by Gasteiger charge is 1.93. The Kier molecular flexibility index (Phi) is 5.25. The van der Waals surface area contributed by atoms with E-state index in [2.05, 4.69) is 25.0 Å². The summed E-state index contributed by atoms with van der Waals surface area (Å²) in [7, 11) is 0. The van der Waals surface area contributed by atoms with E-state index in [4.69, 9.17) is 6.42 Å². The second-order valence-electron chi connectivity index (χ2n) is 3.20. The molecule has 0 aliphatic rings. The monoisotopic (exact) mass is 203 g/mol. The van der Waals surface area contributed by atoms with Gasteiger partial charge in [0.25, 0.3) is 0 Å². The van der Waals surface area contributed by atoms with Gasteiger partial charge in [-0.15, -0.1) is 11.8 Å². The van der Waals surface area contributed by atoms with E-state index in [1.807, 2.05) is 23.9 Å². The third kappa shape index (κ3) is 3.89. The first-order chi connectivity index (χ1) is 6.86. The van der Waals surface area contributed by atoms with Crippen molar-refractivity contribution in [3.8, 4) is 5.92 Å². The Morgan fingerprint density at radius 3 is 2.50 bits per heavy atom. The molecule has 1 radical (unpaired) electrons. The van der Waals surface area contributed by atoms with Crippen molar-refractivity contribution in [2.24, 2.45) is 0 Å². The third-order valence-electron chi connectivity index (χ3n) is 2.02. The van der Waals surface area contributed by atoms with E-state index >= 15 is 0 Å². The molecule has 73 valence electrons. The zero-order valence-corrected chi connectivity index (χ0v) is 9.36. The summed E-state index contributed by atoms with van der Waals surface area (Å²) in [5, 5.41) is 0. The molecule has 0 nitrogen and oxygen atoms in total. The standard InChI is InChI=1S/C13H15S/c1-3-5-6-11-14-13-9-7-12(4-2)8-10-13/h7-10H,3,5-6,11H2,1H3. The average molecular weight is 203 g/mol. The smallest absolute Gasteiger partial charge is 0.0256 e. The lowest BCUT2D eigenvalue weighted by Gasteiger charge is -2.00. The molecule has 0 N–H and O–H groups in total. The van der Waals surface area contributed by atoms with Crippen molar-refractivity contribution < 1.29 is 0 Å². The minimum absolute atomic E-state index is 0.850. The molecule has 0 spiro atoms. The zero-order valence-electron chi connectivity index (χ0n) is 8.55. The number of thioether (sulfide) groups is 1. The third-order valence-corrected chi connectivity index (χ3v) is 3.11. The molecular formula is C13H15S. The van der Waals surface area contributed by atoms with Gasteiger partial charge in [0, 0.05) is 10.5 Å². The van der Waals surface area contributed by atoms with Crippen LogP contribution in [0.15, 0.2) is 29.2 Å². The summed E-state index contributed by atoms with van der Waals surface area (Å²) in [6.45, 7) is 2.22. The topological polar surface area (TPSA) is 0 Å². The minimum atomic E-state index is 0.850. The second kappa shape index (κ2) is 6.56. The summed E-state index contributed by atoms with van der Waals surface area (Å²) in [5.41, 5.74) is 0.850. The summed E-state index contributed by atoms with van der Waals surface area (Å²) in [6, 6.07) is 8.01. The Balaban J connectivity index is 2.33. The molecule has 0 aliphatic heterocycles. The Labute approximate surface area is 91.1 Å². The molecular weight excluding hydrogens is 188 g/mol. The van der Waals surface area contributed by atoms with Gasteiger partial charge in [-0.25, -0.2) is 0 Å². The summed E-state index contributed by atoms with van der Waals surface area (Å²) >= 11 is 1.89. The van der Waals surface area contributed by atoms with Gasteiger partial charge in [0.2, 0.25) is 0 Å². The summed E-state index contributed by atoms with van der Waals surface area (Å²) in [5.74, 6) is 3.57. The van der Waals surface area contributed by atoms with E-state index in [9.17, 15) is 0 Å². The molecule has 1 aromatic rings. The average Bonchev–Trinajstić information content (AvgIpc) is 2.25. The van der Waals surface area contributed by atoms with Gasteiger partial charge in [0.15, 0.2) is 0 Å². The predicted octanol–water partition coefficient (Wildman–Crippen LogP) is 3.91. The maximum Gasteiger partial charge on any atom is 0.0256 e. The summed E-state index contributed by atoms with van der Waals surface area (Å²) in [6.07, 6.45) is 10.8. The maximum atomic E-state index is 6.95. The molecule has 0 atom stereocenters. The highest BCUT2D eigenvalue weighted by molar-refractivity contribution is 7.99. The lowest BCUT2D eigenvalue weighted by atomic mass is 10.2. The van der Waals surface area contributed by atoms with E-state index < -0.39 is 0 Å². The van der Waals surface area contributed by atoms with E-state index in [0.29, 0.717) is 0 Å². The summed E-state index contributed by atoms with van der Waals surface area (Å²) < 4.78 is 0. The molecule has 0 unspecified atom stereocenters. The molecule has 1 rings (SSSR count). The quantitative estimate of drug-likeness (QED) is 0.397. The molecule has 0 bridgehead atoms. The first-order valence-electron chi connectivity index (χ1n) is 5.02. The zero-order chi connectivity index (χ0) is 10.2. The Morgan fingerprint density at radius 1 is 1.21 bits per heavy atom. The number of unbranched alkanes of at least 4 members (excludes halogenated alkanes) is 2. The van der Waals surface area contributed by atoms with Crippen molar-refractivity contribution in [3.63, 3.8) is 0 Å². The number of hydrogen-bond acceptors (Lipinski definition) is 1. The van der Waals surface area contributed by atoms with Crippen LogP contribution in [0, 0.1) is 12.3 Å². The van der Waals surface area contributed by atoms with E-state index in [1.54, 1.807) is 0 Å². The molecule has 0 heterocycles. The van der Waals surface area contributed by atoms with Crippen LogP contribution in [0.4, 0.5) is 0 Å². The largest absolute Gasteiger partial charge is 0.126 e. The van der Waals surface area contributed by atoms with Crippen molar-refractivity contribution in [2.45, 2.75) is 31.1 Å².